The van der Waals surface area contributed by atoms with Crippen molar-refractivity contribution >= 4 is 11.6 Å². The van der Waals surface area contributed by atoms with Crippen molar-refractivity contribution in [1.82, 2.24) is 5.32 Å². The van der Waals surface area contributed by atoms with Crippen molar-refractivity contribution in [1.29, 1.82) is 0 Å². The number of carbonyl (C=O) groups is 1. The normalized spacial score (nSPS) is 23.0. The van der Waals surface area contributed by atoms with E-state index in [1.54, 1.807) is 23.1 Å². The lowest BCUT2D eigenvalue weighted by atomic mass is 10.0. The second-order valence-electron chi connectivity index (χ2n) is 4.80. The minimum absolute atomic E-state index is 0.0908. The quantitative estimate of drug-likeness (QED) is 0.856. The predicted molar refractivity (Wildman–Crippen MR) is 71.7 cm³/mol. The third-order valence-corrected chi connectivity index (χ3v) is 3.52. The smallest absolute Gasteiger partial charge is 0.244 e. The fourth-order valence-corrected chi connectivity index (χ4v) is 2.46. The maximum Gasteiger partial charge on any atom is 0.244 e. The summed E-state index contributed by atoms with van der Waals surface area (Å²) < 4.78 is 0. The van der Waals surface area contributed by atoms with E-state index in [2.05, 4.69) is 12.2 Å². The Kier molecular flexibility index (Phi) is 3.87. The highest BCUT2D eigenvalue weighted by atomic mass is 16.3. The maximum absolute atomic E-state index is 12.5. The average molecular weight is 248 g/mol. The van der Waals surface area contributed by atoms with Crippen molar-refractivity contribution in [3.63, 3.8) is 0 Å². The van der Waals surface area contributed by atoms with Gasteiger partial charge >= 0.3 is 0 Å². The van der Waals surface area contributed by atoms with Gasteiger partial charge in [0.15, 0.2) is 0 Å². The first-order valence-electron chi connectivity index (χ1n) is 6.47. The Hall–Kier alpha value is -1.55. The number of carbonyl (C=O) groups excluding carboxylic acids is 1. The van der Waals surface area contributed by atoms with Crippen molar-refractivity contribution in [2.75, 3.05) is 18.0 Å². The van der Waals surface area contributed by atoms with E-state index in [0.29, 0.717) is 12.5 Å². The molecule has 4 nitrogen and oxygen atoms in total. The van der Waals surface area contributed by atoms with Crippen LogP contribution in [0, 0.1) is 5.92 Å². The lowest BCUT2D eigenvalue weighted by molar-refractivity contribution is -0.121. The SMILES string of the molecule is CCN(C(=O)C1NCCC1C)c1cccc(O)c1. The molecular weight excluding hydrogens is 228 g/mol. The van der Waals surface area contributed by atoms with Gasteiger partial charge in [0.1, 0.15) is 5.75 Å². The van der Waals surface area contributed by atoms with Crippen LogP contribution in [0.4, 0.5) is 5.69 Å². The van der Waals surface area contributed by atoms with Gasteiger partial charge in [-0.25, -0.2) is 0 Å². The molecule has 0 spiro atoms. The van der Waals surface area contributed by atoms with Crippen molar-refractivity contribution in [3.05, 3.63) is 24.3 Å². The zero-order valence-electron chi connectivity index (χ0n) is 10.9. The first-order valence-corrected chi connectivity index (χ1v) is 6.47. The van der Waals surface area contributed by atoms with Crippen molar-refractivity contribution in [2.24, 2.45) is 5.92 Å². The lowest BCUT2D eigenvalue weighted by Crippen LogP contribution is -2.46. The second kappa shape index (κ2) is 5.40. The zero-order valence-corrected chi connectivity index (χ0v) is 10.9. The molecule has 18 heavy (non-hydrogen) atoms. The number of aromatic hydroxyl groups is 1. The molecule has 2 rings (SSSR count). The van der Waals surface area contributed by atoms with E-state index in [9.17, 15) is 9.90 Å². The molecule has 1 aromatic carbocycles. The van der Waals surface area contributed by atoms with Crippen molar-refractivity contribution in [2.45, 2.75) is 26.3 Å². The molecule has 0 bridgehead atoms. The lowest BCUT2D eigenvalue weighted by Gasteiger charge is -2.26. The van der Waals surface area contributed by atoms with Gasteiger partial charge in [0, 0.05) is 18.3 Å². The van der Waals surface area contributed by atoms with Crippen LogP contribution in [-0.4, -0.2) is 30.1 Å². The molecular formula is C14H20N2O2. The van der Waals surface area contributed by atoms with Gasteiger partial charge in [0.25, 0.3) is 0 Å². The fourth-order valence-electron chi connectivity index (χ4n) is 2.46. The summed E-state index contributed by atoms with van der Waals surface area (Å²) in [6.07, 6.45) is 1.04. The molecule has 0 saturated carbocycles. The summed E-state index contributed by atoms with van der Waals surface area (Å²) in [6.45, 7) is 5.54. The summed E-state index contributed by atoms with van der Waals surface area (Å²) in [6, 6.07) is 6.74. The third kappa shape index (κ3) is 2.48. The number of rotatable bonds is 3. The predicted octanol–water partition coefficient (Wildman–Crippen LogP) is 1.74. The summed E-state index contributed by atoms with van der Waals surface area (Å²) in [5, 5.41) is 12.8. The van der Waals surface area contributed by atoms with E-state index in [0.717, 1.165) is 18.7 Å². The van der Waals surface area contributed by atoms with Crippen LogP contribution in [0.5, 0.6) is 5.75 Å². The minimum Gasteiger partial charge on any atom is -0.508 e. The van der Waals surface area contributed by atoms with Crippen LogP contribution in [0.2, 0.25) is 0 Å². The number of phenolic OH excluding ortho intramolecular Hbond substituents is 1. The molecule has 0 aromatic heterocycles. The van der Waals surface area contributed by atoms with E-state index in [-0.39, 0.29) is 17.7 Å². The highest BCUT2D eigenvalue weighted by molar-refractivity contribution is 5.97. The van der Waals surface area contributed by atoms with Crippen molar-refractivity contribution in [3.8, 4) is 5.75 Å². The van der Waals surface area contributed by atoms with Crippen LogP contribution in [0.1, 0.15) is 20.3 Å². The third-order valence-electron chi connectivity index (χ3n) is 3.52. The molecule has 4 heteroatoms. The van der Waals surface area contributed by atoms with Gasteiger partial charge in [-0.1, -0.05) is 13.0 Å². The van der Waals surface area contributed by atoms with Crippen LogP contribution < -0.4 is 10.2 Å². The first kappa shape index (κ1) is 12.9. The number of amides is 1. The monoisotopic (exact) mass is 248 g/mol. The second-order valence-corrected chi connectivity index (χ2v) is 4.80. The maximum atomic E-state index is 12.5. The Balaban J connectivity index is 2.20. The molecule has 1 aliphatic heterocycles. The number of anilines is 1. The molecule has 0 aliphatic carbocycles. The average Bonchev–Trinajstić information content (AvgIpc) is 2.76. The van der Waals surface area contributed by atoms with E-state index < -0.39 is 0 Å². The van der Waals surface area contributed by atoms with Gasteiger partial charge in [0.05, 0.1) is 6.04 Å². The van der Waals surface area contributed by atoms with Crippen LogP contribution in [-0.2, 0) is 4.79 Å². The van der Waals surface area contributed by atoms with Gasteiger partial charge in [-0.2, -0.15) is 0 Å². The van der Waals surface area contributed by atoms with Crippen LogP contribution in [0.15, 0.2) is 24.3 Å². The largest absolute Gasteiger partial charge is 0.508 e. The number of hydrogen-bond acceptors (Lipinski definition) is 3. The molecule has 0 radical (unpaired) electrons. The minimum atomic E-state index is -0.104. The first-order chi connectivity index (χ1) is 8.63. The molecule has 1 amide bonds. The van der Waals surface area contributed by atoms with Crippen LogP contribution in [0.3, 0.4) is 0 Å². The summed E-state index contributed by atoms with van der Waals surface area (Å²) in [5.41, 5.74) is 0.753. The molecule has 1 aromatic rings. The molecule has 1 heterocycles. The molecule has 98 valence electrons. The number of benzene rings is 1. The van der Waals surface area contributed by atoms with Crippen LogP contribution >= 0.6 is 0 Å². The Bertz CT molecular complexity index is 434. The van der Waals surface area contributed by atoms with E-state index >= 15 is 0 Å². The number of phenols is 1. The van der Waals surface area contributed by atoms with Gasteiger partial charge < -0.3 is 15.3 Å². The summed E-state index contributed by atoms with van der Waals surface area (Å²) in [4.78, 5) is 14.2. The molecule has 1 aliphatic rings. The molecule has 2 unspecified atom stereocenters. The molecule has 2 atom stereocenters. The molecule has 1 saturated heterocycles. The fraction of sp³-hybridized carbons (Fsp3) is 0.500. The van der Waals surface area contributed by atoms with E-state index in [1.165, 1.54) is 0 Å². The molecule has 1 fully saturated rings. The Morgan fingerprint density at radius 3 is 2.89 bits per heavy atom. The number of nitrogens with zero attached hydrogens (tertiary/aromatic N) is 1. The van der Waals surface area contributed by atoms with Gasteiger partial charge in [0.2, 0.25) is 5.91 Å². The number of hydrogen-bond donors (Lipinski definition) is 2. The Morgan fingerprint density at radius 1 is 1.56 bits per heavy atom. The van der Waals surface area contributed by atoms with Crippen molar-refractivity contribution < 1.29 is 9.90 Å². The highest BCUT2D eigenvalue weighted by Crippen LogP contribution is 2.23. The highest BCUT2D eigenvalue weighted by Gasteiger charge is 2.32. The Morgan fingerprint density at radius 2 is 2.33 bits per heavy atom. The number of likely N-dealkylation sites (N-methyl/N-ethyl adjacent to an activating group) is 1. The van der Waals surface area contributed by atoms with E-state index in [1.807, 2.05) is 13.0 Å². The standard InChI is InChI=1S/C14H20N2O2/c1-3-16(11-5-4-6-12(17)9-11)14(18)13-10(2)7-8-15-13/h4-6,9-10,13,15,17H,3,7-8H2,1-2H3. The summed E-state index contributed by atoms with van der Waals surface area (Å²) in [7, 11) is 0. The van der Waals surface area contributed by atoms with Gasteiger partial charge in [-0.3, -0.25) is 4.79 Å². The summed E-state index contributed by atoms with van der Waals surface area (Å²) in [5.74, 6) is 0.642. The Labute approximate surface area is 108 Å². The topological polar surface area (TPSA) is 52.6 Å². The number of nitrogens with one attached hydrogen (secondary N) is 1. The zero-order chi connectivity index (χ0) is 13.1. The molecule has 2 N–H and O–H groups in total. The summed E-state index contributed by atoms with van der Waals surface area (Å²) >= 11 is 0. The van der Waals surface area contributed by atoms with Crippen LogP contribution in [0.25, 0.3) is 0 Å². The van der Waals surface area contributed by atoms with Gasteiger partial charge in [-0.15, -0.1) is 0 Å². The van der Waals surface area contributed by atoms with Gasteiger partial charge in [-0.05, 0) is 37.9 Å². The van der Waals surface area contributed by atoms with E-state index in [4.69, 9.17) is 0 Å².